The van der Waals surface area contributed by atoms with Gasteiger partial charge in [-0.05, 0) is 42.3 Å². The molecule has 1 N–H and O–H groups in total. The van der Waals surface area contributed by atoms with Crippen molar-refractivity contribution >= 4 is 11.6 Å². The lowest BCUT2D eigenvalue weighted by Crippen LogP contribution is -2.06. The number of carbonyl (C=O) groups excluding carboxylic acids is 1. The molecule has 0 aliphatic heterocycles. The predicted octanol–water partition coefficient (Wildman–Crippen LogP) is 3.22. The van der Waals surface area contributed by atoms with Gasteiger partial charge < -0.3 is 10.1 Å². The number of ether oxygens (including phenoxy) is 1. The molecule has 0 atom stereocenters. The third-order valence-corrected chi connectivity index (χ3v) is 3.10. The number of rotatable bonds is 6. The molecule has 0 bridgehead atoms. The van der Waals surface area contributed by atoms with Crippen LogP contribution in [0.1, 0.15) is 25.1 Å². The fraction of sp³-hybridized carbons (Fsp3) is 0.294. The van der Waals surface area contributed by atoms with Gasteiger partial charge in [0.25, 0.3) is 0 Å². The molecular formula is C17H20N2O2. The average Bonchev–Trinajstić information content (AvgIpc) is 2.49. The molecule has 2 rings (SSSR count). The molecule has 2 aromatic rings. The van der Waals surface area contributed by atoms with Gasteiger partial charge in [0.2, 0.25) is 5.91 Å². The van der Waals surface area contributed by atoms with Crippen molar-refractivity contribution in [3.8, 4) is 5.75 Å². The summed E-state index contributed by atoms with van der Waals surface area (Å²) in [6.45, 7) is 4.18. The number of pyridine rings is 1. The largest absolute Gasteiger partial charge is 0.493 e. The van der Waals surface area contributed by atoms with Gasteiger partial charge in [0, 0.05) is 30.9 Å². The second-order valence-corrected chi connectivity index (χ2v) is 4.82. The number of nitrogens with one attached hydrogen (secondary N) is 1. The highest BCUT2D eigenvalue weighted by Crippen LogP contribution is 2.15. The van der Waals surface area contributed by atoms with E-state index in [-0.39, 0.29) is 5.91 Å². The van der Waals surface area contributed by atoms with Gasteiger partial charge in [0.1, 0.15) is 5.75 Å². The quantitative estimate of drug-likeness (QED) is 0.886. The molecule has 1 aromatic heterocycles. The first-order chi connectivity index (χ1) is 10.2. The Morgan fingerprint density at radius 3 is 2.52 bits per heavy atom. The Morgan fingerprint density at radius 1 is 1.19 bits per heavy atom. The van der Waals surface area contributed by atoms with Crippen LogP contribution < -0.4 is 10.1 Å². The van der Waals surface area contributed by atoms with Crippen molar-refractivity contribution in [3.63, 3.8) is 0 Å². The number of anilines is 1. The zero-order valence-corrected chi connectivity index (χ0v) is 12.4. The number of hydrogen-bond donors (Lipinski definition) is 1. The molecule has 0 saturated carbocycles. The summed E-state index contributed by atoms with van der Waals surface area (Å²) in [5.74, 6) is 0.708. The van der Waals surface area contributed by atoms with Crippen molar-refractivity contribution in [2.45, 2.75) is 26.7 Å². The van der Waals surface area contributed by atoms with E-state index in [0.717, 1.165) is 30.0 Å². The minimum absolute atomic E-state index is 0.0785. The van der Waals surface area contributed by atoms with Crippen molar-refractivity contribution in [1.82, 2.24) is 4.98 Å². The van der Waals surface area contributed by atoms with Gasteiger partial charge in [-0.2, -0.15) is 0 Å². The van der Waals surface area contributed by atoms with Gasteiger partial charge in [0.15, 0.2) is 0 Å². The minimum Gasteiger partial charge on any atom is -0.493 e. The topological polar surface area (TPSA) is 51.2 Å². The molecule has 0 spiro atoms. The highest BCUT2D eigenvalue weighted by atomic mass is 16.5. The van der Waals surface area contributed by atoms with E-state index < -0.39 is 0 Å². The van der Waals surface area contributed by atoms with Gasteiger partial charge in [-0.25, -0.2) is 0 Å². The fourth-order valence-corrected chi connectivity index (χ4v) is 1.92. The lowest BCUT2D eigenvalue weighted by molar-refractivity contribution is -0.114. The highest BCUT2D eigenvalue weighted by Gasteiger charge is 1.99. The van der Waals surface area contributed by atoms with Crippen LogP contribution in [0.4, 0.5) is 5.69 Å². The summed E-state index contributed by atoms with van der Waals surface area (Å²) >= 11 is 0. The Morgan fingerprint density at radius 2 is 1.95 bits per heavy atom. The van der Waals surface area contributed by atoms with Crippen LogP contribution in [0.15, 0.2) is 42.6 Å². The minimum atomic E-state index is -0.0785. The summed E-state index contributed by atoms with van der Waals surface area (Å²) in [4.78, 5) is 15.3. The van der Waals surface area contributed by atoms with E-state index in [9.17, 15) is 4.79 Å². The SMILES string of the molecule is CCc1ccc(CCOc2ccc(NC(C)=O)cc2)nc1. The van der Waals surface area contributed by atoms with Crippen LogP contribution in [0, 0.1) is 0 Å². The fourth-order valence-electron chi connectivity index (χ4n) is 1.92. The first kappa shape index (κ1) is 15.0. The molecule has 0 fully saturated rings. The number of carbonyl (C=O) groups is 1. The maximum atomic E-state index is 10.9. The maximum Gasteiger partial charge on any atom is 0.221 e. The monoisotopic (exact) mass is 284 g/mol. The molecule has 0 radical (unpaired) electrons. The van der Waals surface area contributed by atoms with E-state index in [1.54, 1.807) is 0 Å². The Labute approximate surface area is 125 Å². The zero-order valence-electron chi connectivity index (χ0n) is 12.4. The Bertz CT molecular complexity index is 577. The summed E-state index contributed by atoms with van der Waals surface area (Å²) in [5, 5.41) is 2.72. The van der Waals surface area contributed by atoms with E-state index in [4.69, 9.17) is 4.74 Å². The van der Waals surface area contributed by atoms with Crippen LogP contribution in [0.2, 0.25) is 0 Å². The molecule has 0 unspecified atom stereocenters. The summed E-state index contributed by atoms with van der Waals surface area (Å²) in [6.07, 6.45) is 3.69. The smallest absolute Gasteiger partial charge is 0.221 e. The first-order valence-corrected chi connectivity index (χ1v) is 7.11. The molecule has 1 aromatic carbocycles. The van der Waals surface area contributed by atoms with Crippen LogP contribution in [0.5, 0.6) is 5.75 Å². The Hall–Kier alpha value is -2.36. The predicted molar refractivity (Wildman–Crippen MR) is 83.6 cm³/mol. The van der Waals surface area contributed by atoms with E-state index in [1.165, 1.54) is 12.5 Å². The number of aryl methyl sites for hydroxylation is 1. The van der Waals surface area contributed by atoms with Crippen LogP contribution >= 0.6 is 0 Å². The molecule has 0 aliphatic rings. The number of aromatic nitrogens is 1. The third-order valence-electron chi connectivity index (χ3n) is 3.10. The van der Waals surface area contributed by atoms with Crippen molar-refractivity contribution < 1.29 is 9.53 Å². The van der Waals surface area contributed by atoms with E-state index in [0.29, 0.717) is 6.61 Å². The van der Waals surface area contributed by atoms with Crippen molar-refractivity contribution in [2.75, 3.05) is 11.9 Å². The van der Waals surface area contributed by atoms with E-state index in [2.05, 4.69) is 23.3 Å². The van der Waals surface area contributed by atoms with Crippen LogP contribution in [0.3, 0.4) is 0 Å². The maximum absolute atomic E-state index is 10.9. The Kier molecular flexibility index (Phi) is 5.32. The van der Waals surface area contributed by atoms with Gasteiger partial charge in [0.05, 0.1) is 6.61 Å². The first-order valence-electron chi connectivity index (χ1n) is 7.11. The molecule has 1 amide bonds. The van der Waals surface area contributed by atoms with Gasteiger partial charge in [-0.1, -0.05) is 13.0 Å². The van der Waals surface area contributed by atoms with Gasteiger partial charge in [-0.3, -0.25) is 9.78 Å². The Balaban J connectivity index is 1.81. The van der Waals surface area contributed by atoms with Gasteiger partial charge >= 0.3 is 0 Å². The molecule has 0 saturated heterocycles. The molecule has 110 valence electrons. The molecule has 4 nitrogen and oxygen atoms in total. The highest BCUT2D eigenvalue weighted by molar-refractivity contribution is 5.88. The summed E-state index contributed by atoms with van der Waals surface area (Å²) in [5.41, 5.74) is 3.04. The van der Waals surface area contributed by atoms with Crippen molar-refractivity contribution in [2.24, 2.45) is 0 Å². The molecular weight excluding hydrogens is 264 g/mol. The molecule has 4 heteroatoms. The molecule has 21 heavy (non-hydrogen) atoms. The van der Waals surface area contributed by atoms with E-state index in [1.807, 2.05) is 36.5 Å². The van der Waals surface area contributed by atoms with Crippen LogP contribution in [0.25, 0.3) is 0 Å². The second-order valence-electron chi connectivity index (χ2n) is 4.82. The number of benzene rings is 1. The third kappa shape index (κ3) is 4.91. The summed E-state index contributed by atoms with van der Waals surface area (Å²) in [6, 6.07) is 11.5. The molecule has 1 heterocycles. The summed E-state index contributed by atoms with van der Waals surface area (Å²) < 4.78 is 5.67. The van der Waals surface area contributed by atoms with E-state index >= 15 is 0 Å². The summed E-state index contributed by atoms with van der Waals surface area (Å²) in [7, 11) is 0. The van der Waals surface area contributed by atoms with Gasteiger partial charge in [-0.15, -0.1) is 0 Å². The zero-order chi connectivity index (χ0) is 15.1. The number of nitrogens with zero attached hydrogens (tertiary/aromatic N) is 1. The van der Waals surface area contributed by atoms with Crippen LogP contribution in [-0.2, 0) is 17.6 Å². The van der Waals surface area contributed by atoms with Crippen molar-refractivity contribution in [1.29, 1.82) is 0 Å². The second kappa shape index (κ2) is 7.43. The lowest BCUT2D eigenvalue weighted by atomic mass is 10.2. The number of amides is 1. The standard InChI is InChI=1S/C17H20N2O2/c1-3-14-4-5-15(18-12-14)10-11-21-17-8-6-16(7-9-17)19-13(2)20/h4-9,12H,3,10-11H2,1-2H3,(H,19,20). The van der Waals surface area contributed by atoms with Crippen molar-refractivity contribution in [3.05, 3.63) is 53.9 Å². The average molecular weight is 284 g/mol. The van der Waals surface area contributed by atoms with Crippen LogP contribution in [-0.4, -0.2) is 17.5 Å². The lowest BCUT2D eigenvalue weighted by Gasteiger charge is -2.07. The number of hydrogen-bond acceptors (Lipinski definition) is 3. The molecule has 0 aliphatic carbocycles. The normalized spacial score (nSPS) is 10.2.